The van der Waals surface area contributed by atoms with Crippen molar-refractivity contribution in [3.05, 3.63) is 11.6 Å². The highest BCUT2D eigenvalue weighted by Crippen LogP contribution is 2.40. The minimum atomic E-state index is -0.325. The van der Waals surface area contributed by atoms with E-state index in [1.807, 2.05) is 0 Å². The van der Waals surface area contributed by atoms with Crippen LogP contribution in [0.2, 0.25) is 0 Å². The molecule has 0 unspecified atom stereocenters. The maximum absolute atomic E-state index is 12.9. The van der Waals surface area contributed by atoms with E-state index in [2.05, 4.69) is 31.9 Å². The predicted octanol–water partition coefficient (Wildman–Crippen LogP) is 1.73. The fourth-order valence-corrected chi connectivity index (χ4v) is 5.33. The number of nitrogens with one attached hydrogen (secondary N) is 1. The first-order valence-corrected chi connectivity index (χ1v) is 10.7. The molecule has 2 saturated heterocycles. The highest BCUT2D eigenvalue weighted by molar-refractivity contribution is 5.79. The lowest BCUT2D eigenvalue weighted by Gasteiger charge is -2.51. The lowest BCUT2D eigenvalue weighted by molar-refractivity contribution is -0.145. The Morgan fingerprint density at radius 1 is 1.22 bits per heavy atom. The summed E-state index contributed by atoms with van der Waals surface area (Å²) in [4.78, 5) is 21.9. The largest absolute Gasteiger partial charge is 0.392 e. The van der Waals surface area contributed by atoms with E-state index >= 15 is 0 Å². The number of hydrogen-bond acceptors (Lipinski definition) is 5. The number of aromatic amines is 1. The van der Waals surface area contributed by atoms with E-state index in [1.54, 1.807) is 0 Å². The zero-order valence-corrected chi connectivity index (χ0v) is 16.5. The number of rotatable bonds is 4. The van der Waals surface area contributed by atoms with E-state index in [-0.39, 0.29) is 17.4 Å². The molecule has 0 radical (unpaired) electrons. The van der Waals surface area contributed by atoms with E-state index in [1.165, 1.54) is 12.8 Å². The van der Waals surface area contributed by atoms with Crippen molar-refractivity contribution in [3.63, 3.8) is 0 Å². The summed E-state index contributed by atoms with van der Waals surface area (Å²) in [5.41, 5.74) is -0.196. The molecule has 4 rings (SSSR count). The third-order valence-corrected chi connectivity index (χ3v) is 6.86. The molecule has 1 spiro atoms. The first kappa shape index (κ1) is 18.9. The van der Waals surface area contributed by atoms with Gasteiger partial charge in [-0.1, -0.05) is 19.8 Å². The summed E-state index contributed by atoms with van der Waals surface area (Å²) in [6, 6.07) is 0. The van der Waals surface area contributed by atoms with Crippen LogP contribution in [-0.4, -0.2) is 68.3 Å². The van der Waals surface area contributed by atoms with Gasteiger partial charge in [0.25, 0.3) is 0 Å². The van der Waals surface area contributed by atoms with Crippen molar-refractivity contribution in [2.45, 2.75) is 70.9 Å². The Morgan fingerprint density at radius 2 is 2.04 bits per heavy atom. The number of aryl methyl sites for hydroxylation is 1. The average molecular weight is 376 g/mol. The molecule has 0 bridgehead atoms. The Bertz CT molecular complexity index is 657. The molecule has 150 valence electrons. The summed E-state index contributed by atoms with van der Waals surface area (Å²) in [6.07, 6.45) is 7.71. The van der Waals surface area contributed by atoms with Crippen LogP contribution in [0.1, 0.15) is 63.5 Å². The topological polar surface area (TPSA) is 85.4 Å². The Hall–Kier alpha value is -1.47. The van der Waals surface area contributed by atoms with Crippen molar-refractivity contribution < 1.29 is 9.90 Å². The molecule has 2 N–H and O–H groups in total. The minimum absolute atomic E-state index is 0.196. The number of aliphatic hydroxyl groups is 1. The molecule has 27 heavy (non-hydrogen) atoms. The van der Waals surface area contributed by atoms with Crippen LogP contribution in [0.15, 0.2) is 0 Å². The molecule has 1 aromatic heterocycles. The summed E-state index contributed by atoms with van der Waals surface area (Å²) in [7, 11) is 0. The molecule has 3 heterocycles. The van der Waals surface area contributed by atoms with Crippen LogP contribution >= 0.6 is 0 Å². The Balaban J connectivity index is 1.43. The summed E-state index contributed by atoms with van der Waals surface area (Å²) in [6.45, 7) is 6.03. The smallest absolute Gasteiger partial charge is 0.225 e. The van der Waals surface area contributed by atoms with Gasteiger partial charge >= 0.3 is 0 Å². The number of amides is 1. The highest BCUT2D eigenvalue weighted by Gasteiger charge is 2.47. The van der Waals surface area contributed by atoms with Crippen LogP contribution in [0.4, 0.5) is 0 Å². The quantitative estimate of drug-likeness (QED) is 0.837. The van der Waals surface area contributed by atoms with Crippen molar-refractivity contribution in [1.29, 1.82) is 0 Å². The van der Waals surface area contributed by atoms with Gasteiger partial charge in [-0.2, -0.15) is 5.10 Å². The van der Waals surface area contributed by atoms with Gasteiger partial charge in [0, 0.05) is 43.9 Å². The Labute approximate surface area is 161 Å². The van der Waals surface area contributed by atoms with Crippen molar-refractivity contribution in [3.8, 4) is 0 Å². The van der Waals surface area contributed by atoms with Gasteiger partial charge in [0.2, 0.25) is 5.91 Å². The SMILES string of the molecule is CCc1n[nH]c(CN2CC[C@@H](O)[C@]3(CCCN(C(=O)C4CCCC4)C3)C2)n1. The van der Waals surface area contributed by atoms with Gasteiger partial charge in [0.15, 0.2) is 0 Å². The van der Waals surface area contributed by atoms with Gasteiger partial charge < -0.3 is 10.0 Å². The standard InChI is InChI=1S/C20H33N5O2/c1-2-17-21-18(23-22-17)12-24-11-8-16(26)20(13-24)9-5-10-25(14-20)19(27)15-6-3-4-7-15/h15-16,26H,2-14H2,1H3,(H,21,22,23)/t16-,20-/m1/s1. The van der Waals surface area contributed by atoms with Crippen LogP contribution < -0.4 is 0 Å². The van der Waals surface area contributed by atoms with Crippen molar-refractivity contribution in [2.75, 3.05) is 26.2 Å². The molecule has 2 aliphatic heterocycles. The molecule has 3 fully saturated rings. The molecular formula is C20H33N5O2. The number of nitrogens with zero attached hydrogens (tertiary/aromatic N) is 4. The summed E-state index contributed by atoms with van der Waals surface area (Å²) >= 11 is 0. The van der Waals surface area contributed by atoms with E-state index in [4.69, 9.17) is 0 Å². The molecular weight excluding hydrogens is 342 g/mol. The highest BCUT2D eigenvalue weighted by atomic mass is 16.3. The number of hydrogen-bond donors (Lipinski definition) is 2. The summed E-state index contributed by atoms with van der Waals surface area (Å²) < 4.78 is 0. The lowest BCUT2D eigenvalue weighted by Crippen LogP contribution is -2.60. The molecule has 2 atom stereocenters. The zero-order chi connectivity index (χ0) is 18.9. The van der Waals surface area contributed by atoms with E-state index in [9.17, 15) is 9.90 Å². The zero-order valence-electron chi connectivity index (χ0n) is 16.5. The fourth-order valence-electron chi connectivity index (χ4n) is 5.33. The predicted molar refractivity (Wildman–Crippen MR) is 102 cm³/mol. The third-order valence-electron chi connectivity index (χ3n) is 6.86. The minimum Gasteiger partial charge on any atom is -0.392 e. The Morgan fingerprint density at radius 3 is 2.78 bits per heavy atom. The fraction of sp³-hybridized carbons (Fsp3) is 0.850. The van der Waals surface area contributed by atoms with E-state index in [0.717, 1.165) is 76.4 Å². The Kier molecular flexibility index (Phi) is 5.50. The van der Waals surface area contributed by atoms with Gasteiger partial charge in [0.05, 0.1) is 12.6 Å². The average Bonchev–Trinajstić information content (AvgIpc) is 3.36. The normalized spacial score (nSPS) is 30.3. The molecule has 7 nitrogen and oxygen atoms in total. The van der Waals surface area contributed by atoms with Gasteiger partial charge in [-0.25, -0.2) is 4.98 Å². The number of carbonyl (C=O) groups excluding carboxylic acids is 1. The summed E-state index contributed by atoms with van der Waals surface area (Å²) in [5.74, 6) is 2.30. The van der Waals surface area contributed by atoms with Gasteiger partial charge in [-0.3, -0.25) is 14.8 Å². The first-order chi connectivity index (χ1) is 13.1. The number of carbonyl (C=O) groups is 1. The van der Waals surface area contributed by atoms with Gasteiger partial charge in [0.1, 0.15) is 11.6 Å². The van der Waals surface area contributed by atoms with Crippen molar-refractivity contribution in [2.24, 2.45) is 11.3 Å². The lowest BCUT2D eigenvalue weighted by atomic mass is 9.71. The molecule has 3 aliphatic rings. The van der Waals surface area contributed by atoms with Crippen LogP contribution in [0.25, 0.3) is 0 Å². The van der Waals surface area contributed by atoms with E-state index < -0.39 is 0 Å². The monoisotopic (exact) mass is 375 g/mol. The molecule has 1 saturated carbocycles. The molecule has 7 heteroatoms. The van der Waals surface area contributed by atoms with Crippen LogP contribution in [0.5, 0.6) is 0 Å². The van der Waals surface area contributed by atoms with Gasteiger partial charge in [-0.05, 0) is 32.1 Å². The molecule has 1 aromatic rings. The second-order valence-corrected chi connectivity index (χ2v) is 8.77. The van der Waals surface area contributed by atoms with E-state index in [0.29, 0.717) is 12.5 Å². The van der Waals surface area contributed by atoms with Crippen LogP contribution in [0, 0.1) is 11.3 Å². The second-order valence-electron chi connectivity index (χ2n) is 8.77. The number of aromatic nitrogens is 3. The van der Waals surface area contributed by atoms with Crippen molar-refractivity contribution >= 4 is 5.91 Å². The summed E-state index contributed by atoms with van der Waals surface area (Å²) in [5, 5.41) is 18.1. The molecule has 1 amide bonds. The third kappa shape index (κ3) is 3.90. The van der Waals surface area contributed by atoms with Crippen molar-refractivity contribution in [1.82, 2.24) is 25.0 Å². The number of H-pyrrole nitrogens is 1. The maximum Gasteiger partial charge on any atom is 0.225 e. The number of likely N-dealkylation sites (tertiary alicyclic amines) is 2. The number of aliphatic hydroxyl groups excluding tert-OH is 1. The maximum atomic E-state index is 12.9. The number of piperidine rings is 2. The molecule has 0 aromatic carbocycles. The van der Waals surface area contributed by atoms with Crippen LogP contribution in [-0.2, 0) is 17.8 Å². The molecule has 1 aliphatic carbocycles. The van der Waals surface area contributed by atoms with Crippen LogP contribution in [0.3, 0.4) is 0 Å². The second kappa shape index (κ2) is 7.87. The first-order valence-electron chi connectivity index (χ1n) is 10.7. The van der Waals surface area contributed by atoms with Gasteiger partial charge in [-0.15, -0.1) is 0 Å².